The van der Waals surface area contributed by atoms with Crippen LogP contribution < -0.4 is 15.8 Å². The number of nitrogens with one attached hydrogen (secondary N) is 1. The molecule has 5 nitrogen and oxygen atoms in total. The van der Waals surface area contributed by atoms with E-state index in [0.717, 1.165) is 12.2 Å². The summed E-state index contributed by atoms with van der Waals surface area (Å²) in [6.45, 7) is 2.51. The molecule has 1 saturated carbocycles. The summed E-state index contributed by atoms with van der Waals surface area (Å²) in [4.78, 5) is 12.5. The summed E-state index contributed by atoms with van der Waals surface area (Å²) < 4.78 is 10.9. The number of ether oxygens (including phenoxy) is 2. The molecule has 0 aliphatic heterocycles. The van der Waals surface area contributed by atoms with Gasteiger partial charge in [0.05, 0.1) is 6.61 Å². The second kappa shape index (κ2) is 9.64. The second-order valence-electron chi connectivity index (χ2n) is 6.51. The molecule has 1 aliphatic rings. The summed E-state index contributed by atoms with van der Waals surface area (Å²) >= 11 is 0. The topological polar surface area (TPSA) is 73.6 Å². The van der Waals surface area contributed by atoms with Crippen LogP contribution in [0, 0.1) is 5.92 Å². The van der Waals surface area contributed by atoms with E-state index >= 15 is 0 Å². The lowest BCUT2D eigenvalue weighted by molar-refractivity contribution is -0.127. The van der Waals surface area contributed by atoms with E-state index in [4.69, 9.17) is 15.2 Å². The van der Waals surface area contributed by atoms with E-state index in [2.05, 4.69) is 5.32 Å². The van der Waals surface area contributed by atoms with E-state index in [0.29, 0.717) is 18.2 Å². The van der Waals surface area contributed by atoms with Gasteiger partial charge in [-0.05, 0) is 31.4 Å². The van der Waals surface area contributed by atoms with Gasteiger partial charge in [0.25, 0.3) is 5.91 Å². The molecule has 1 aromatic rings. The smallest absolute Gasteiger partial charge is 0.255 e. The Morgan fingerprint density at radius 1 is 1.33 bits per heavy atom. The quantitative estimate of drug-likeness (QED) is 0.765. The third-order valence-corrected chi connectivity index (χ3v) is 4.64. The number of hydrogen-bond acceptors (Lipinski definition) is 4. The molecular weight excluding hydrogens is 304 g/mol. The highest BCUT2D eigenvalue weighted by Gasteiger charge is 2.28. The summed E-state index contributed by atoms with van der Waals surface area (Å²) in [7, 11) is 1.54. The fourth-order valence-corrected chi connectivity index (χ4v) is 3.45. The predicted molar refractivity (Wildman–Crippen MR) is 96.2 cm³/mol. The van der Waals surface area contributed by atoms with Crippen LogP contribution in [0.3, 0.4) is 0 Å². The zero-order valence-electron chi connectivity index (χ0n) is 14.8. The highest BCUT2D eigenvalue weighted by Crippen LogP contribution is 2.28. The first-order chi connectivity index (χ1) is 11.6. The number of methoxy groups -OCH3 is 1. The zero-order chi connectivity index (χ0) is 17.4. The van der Waals surface area contributed by atoms with Crippen molar-refractivity contribution in [3.63, 3.8) is 0 Å². The Morgan fingerprint density at radius 3 is 2.75 bits per heavy atom. The van der Waals surface area contributed by atoms with Crippen LogP contribution in [0.4, 0.5) is 5.69 Å². The summed E-state index contributed by atoms with van der Waals surface area (Å²) in [5.41, 5.74) is 6.97. The molecule has 0 bridgehead atoms. The van der Waals surface area contributed by atoms with Crippen LogP contribution in [0.5, 0.6) is 5.75 Å². The standard InChI is InChI=1S/C19H30N2O3/c1-3-24-16-11-7-10-15(13-16)21-19(22)18(23-2)17(20)12-14-8-5-4-6-9-14/h7,10-11,13-14,17-18H,3-6,8-9,12,20H2,1-2H3,(H,21,22)/t17-,18?/m1/s1. The first kappa shape index (κ1) is 18.7. The van der Waals surface area contributed by atoms with Gasteiger partial charge in [-0.25, -0.2) is 0 Å². The summed E-state index contributed by atoms with van der Waals surface area (Å²) in [5, 5.41) is 2.89. The molecule has 1 fully saturated rings. The Bertz CT molecular complexity index is 515. The van der Waals surface area contributed by atoms with E-state index in [-0.39, 0.29) is 11.9 Å². The van der Waals surface area contributed by atoms with Crippen molar-refractivity contribution in [2.75, 3.05) is 19.0 Å². The van der Waals surface area contributed by atoms with Gasteiger partial charge in [-0.1, -0.05) is 38.2 Å². The predicted octanol–water partition coefficient (Wildman–Crippen LogP) is 3.34. The van der Waals surface area contributed by atoms with Gasteiger partial charge in [0.15, 0.2) is 6.10 Å². The highest BCUT2D eigenvalue weighted by atomic mass is 16.5. The molecule has 1 aliphatic carbocycles. The molecule has 0 saturated heterocycles. The van der Waals surface area contributed by atoms with Crippen LogP contribution in [-0.4, -0.2) is 31.8 Å². The monoisotopic (exact) mass is 334 g/mol. The van der Waals surface area contributed by atoms with Crippen molar-refractivity contribution in [1.29, 1.82) is 0 Å². The molecule has 0 heterocycles. The van der Waals surface area contributed by atoms with Crippen molar-refractivity contribution in [1.82, 2.24) is 0 Å². The van der Waals surface area contributed by atoms with E-state index in [1.165, 1.54) is 32.1 Å². The van der Waals surface area contributed by atoms with Crippen LogP contribution in [0.25, 0.3) is 0 Å². The van der Waals surface area contributed by atoms with Crippen molar-refractivity contribution in [2.24, 2.45) is 11.7 Å². The number of rotatable bonds is 8. The molecule has 2 rings (SSSR count). The molecule has 0 spiro atoms. The Balaban J connectivity index is 1.93. The SMILES string of the molecule is CCOc1cccc(NC(=O)C(OC)[C@H](N)CC2CCCCC2)c1. The number of carbonyl (C=O) groups excluding carboxylic acids is 1. The lowest BCUT2D eigenvalue weighted by Gasteiger charge is -2.28. The minimum atomic E-state index is -0.636. The van der Waals surface area contributed by atoms with E-state index in [1.807, 2.05) is 25.1 Å². The first-order valence-corrected chi connectivity index (χ1v) is 8.96. The average Bonchev–Trinajstić information content (AvgIpc) is 2.57. The molecule has 1 unspecified atom stereocenters. The molecule has 5 heteroatoms. The second-order valence-corrected chi connectivity index (χ2v) is 6.51. The molecule has 2 atom stereocenters. The third-order valence-electron chi connectivity index (χ3n) is 4.64. The van der Waals surface area contributed by atoms with E-state index in [9.17, 15) is 4.79 Å². The van der Waals surface area contributed by atoms with Crippen LogP contribution in [0.2, 0.25) is 0 Å². The van der Waals surface area contributed by atoms with Crippen LogP contribution >= 0.6 is 0 Å². The molecule has 1 aromatic carbocycles. The van der Waals surface area contributed by atoms with E-state index < -0.39 is 6.10 Å². The van der Waals surface area contributed by atoms with Gasteiger partial charge in [0.2, 0.25) is 0 Å². The van der Waals surface area contributed by atoms with Gasteiger partial charge in [0.1, 0.15) is 5.75 Å². The number of carbonyl (C=O) groups is 1. The normalized spacial score (nSPS) is 18.0. The fraction of sp³-hybridized carbons (Fsp3) is 0.632. The van der Waals surface area contributed by atoms with Crippen LogP contribution in [0.15, 0.2) is 24.3 Å². The number of nitrogens with two attached hydrogens (primary N) is 1. The lowest BCUT2D eigenvalue weighted by Crippen LogP contribution is -2.45. The maximum Gasteiger partial charge on any atom is 0.255 e. The third kappa shape index (κ3) is 5.49. The number of amides is 1. The Labute approximate surface area is 144 Å². The molecule has 1 amide bonds. The van der Waals surface area contributed by atoms with Crippen molar-refractivity contribution in [3.05, 3.63) is 24.3 Å². The van der Waals surface area contributed by atoms with Gasteiger partial charge in [-0.15, -0.1) is 0 Å². The number of hydrogen-bond donors (Lipinski definition) is 2. The highest BCUT2D eigenvalue weighted by molar-refractivity contribution is 5.94. The van der Waals surface area contributed by atoms with E-state index in [1.54, 1.807) is 13.2 Å². The first-order valence-electron chi connectivity index (χ1n) is 8.96. The molecule has 3 N–H and O–H groups in total. The number of benzene rings is 1. The number of anilines is 1. The summed E-state index contributed by atoms with van der Waals surface area (Å²) in [6.07, 6.45) is 6.48. The van der Waals surface area contributed by atoms with Crippen molar-refractivity contribution >= 4 is 11.6 Å². The summed E-state index contributed by atoms with van der Waals surface area (Å²) in [6, 6.07) is 7.07. The Morgan fingerprint density at radius 2 is 2.08 bits per heavy atom. The maximum absolute atomic E-state index is 12.5. The lowest BCUT2D eigenvalue weighted by atomic mass is 9.84. The van der Waals surface area contributed by atoms with Crippen molar-refractivity contribution in [3.8, 4) is 5.75 Å². The summed E-state index contributed by atoms with van der Waals surface area (Å²) in [5.74, 6) is 1.14. The Hall–Kier alpha value is -1.59. The van der Waals surface area contributed by atoms with Gasteiger partial charge < -0.3 is 20.5 Å². The fourth-order valence-electron chi connectivity index (χ4n) is 3.45. The van der Waals surface area contributed by atoms with Gasteiger partial charge >= 0.3 is 0 Å². The molecule has 24 heavy (non-hydrogen) atoms. The average molecular weight is 334 g/mol. The minimum Gasteiger partial charge on any atom is -0.494 e. The Kier molecular flexibility index (Phi) is 7.53. The largest absolute Gasteiger partial charge is 0.494 e. The van der Waals surface area contributed by atoms with Crippen molar-refractivity contribution in [2.45, 2.75) is 57.6 Å². The minimum absolute atomic E-state index is 0.200. The maximum atomic E-state index is 12.5. The molecule has 0 radical (unpaired) electrons. The van der Waals surface area contributed by atoms with Gasteiger partial charge in [0, 0.05) is 24.9 Å². The van der Waals surface area contributed by atoms with Gasteiger partial charge in [-0.3, -0.25) is 4.79 Å². The van der Waals surface area contributed by atoms with Crippen LogP contribution in [0.1, 0.15) is 45.4 Å². The molecule has 0 aromatic heterocycles. The molecule has 134 valence electrons. The van der Waals surface area contributed by atoms with Crippen molar-refractivity contribution < 1.29 is 14.3 Å². The van der Waals surface area contributed by atoms with Crippen LogP contribution in [-0.2, 0) is 9.53 Å². The zero-order valence-corrected chi connectivity index (χ0v) is 14.8. The van der Waals surface area contributed by atoms with Gasteiger partial charge in [-0.2, -0.15) is 0 Å². The molecular formula is C19H30N2O3.